The third-order valence-electron chi connectivity index (χ3n) is 4.55. The van der Waals surface area contributed by atoms with E-state index in [1.54, 1.807) is 11.3 Å². The number of aryl methyl sites for hydroxylation is 2. The molecule has 0 radical (unpaired) electrons. The van der Waals surface area contributed by atoms with Crippen molar-refractivity contribution in [3.05, 3.63) is 40.0 Å². The van der Waals surface area contributed by atoms with Gasteiger partial charge in [-0.1, -0.05) is 36.8 Å². The van der Waals surface area contributed by atoms with E-state index in [-0.39, 0.29) is 0 Å². The highest BCUT2D eigenvalue weighted by Gasteiger charge is 2.23. The van der Waals surface area contributed by atoms with Crippen LogP contribution in [0.1, 0.15) is 17.4 Å². The normalized spacial score (nSPS) is 15.1. The summed E-state index contributed by atoms with van der Waals surface area (Å²) < 4.78 is 5.50. The van der Waals surface area contributed by atoms with Gasteiger partial charge in [0.05, 0.1) is 18.6 Å². The van der Waals surface area contributed by atoms with Gasteiger partial charge in [0, 0.05) is 23.5 Å². The van der Waals surface area contributed by atoms with Crippen molar-refractivity contribution in [3.8, 4) is 11.1 Å². The fourth-order valence-electron chi connectivity index (χ4n) is 3.28. The molecule has 0 saturated carbocycles. The Morgan fingerprint density at radius 3 is 2.56 bits per heavy atom. The number of benzene rings is 1. The molecule has 25 heavy (non-hydrogen) atoms. The fourth-order valence-corrected chi connectivity index (χ4v) is 4.62. The summed E-state index contributed by atoms with van der Waals surface area (Å²) in [6.45, 7) is 7.38. The lowest BCUT2D eigenvalue weighted by Crippen LogP contribution is -2.37. The highest BCUT2D eigenvalue weighted by molar-refractivity contribution is 7.19. The molecule has 2 aromatic heterocycles. The average Bonchev–Trinajstić information content (AvgIpc) is 3.00. The van der Waals surface area contributed by atoms with Gasteiger partial charge in [0.2, 0.25) is 5.28 Å². The minimum atomic E-state index is 0.313. The molecule has 1 aliphatic heterocycles. The van der Waals surface area contributed by atoms with E-state index in [1.807, 2.05) is 0 Å². The SMILES string of the molecule is CCc1sc2nc(Cl)nc(N3CCOCC3)c2c1-c1ccc(C)cc1. The molecule has 0 N–H and O–H groups in total. The molecule has 0 aliphatic carbocycles. The topological polar surface area (TPSA) is 38.2 Å². The first-order chi connectivity index (χ1) is 12.2. The Hall–Kier alpha value is -1.69. The number of ether oxygens (including phenoxy) is 1. The summed E-state index contributed by atoms with van der Waals surface area (Å²) in [6, 6.07) is 8.69. The van der Waals surface area contributed by atoms with Crippen molar-refractivity contribution >= 4 is 39.0 Å². The molecule has 3 aromatic rings. The Bertz CT molecular complexity index is 901. The number of nitrogens with zero attached hydrogens (tertiary/aromatic N) is 3. The molecular formula is C19H20ClN3OS. The third-order valence-corrected chi connectivity index (χ3v) is 5.95. The van der Waals surface area contributed by atoms with Gasteiger partial charge in [0.25, 0.3) is 0 Å². The molecule has 0 spiro atoms. The minimum Gasteiger partial charge on any atom is -0.378 e. The van der Waals surface area contributed by atoms with E-state index >= 15 is 0 Å². The zero-order valence-corrected chi connectivity index (χ0v) is 16.0. The van der Waals surface area contributed by atoms with Gasteiger partial charge in [0.1, 0.15) is 10.6 Å². The zero-order valence-electron chi connectivity index (χ0n) is 14.4. The van der Waals surface area contributed by atoms with Crippen LogP contribution < -0.4 is 4.90 Å². The molecule has 0 amide bonds. The van der Waals surface area contributed by atoms with Gasteiger partial charge in [-0.05, 0) is 30.5 Å². The van der Waals surface area contributed by atoms with Crippen LogP contribution in [-0.2, 0) is 11.2 Å². The predicted octanol–water partition coefficient (Wildman–Crippen LogP) is 4.72. The third kappa shape index (κ3) is 3.12. The molecular weight excluding hydrogens is 354 g/mol. The van der Waals surface area contributed by atoms with Crippen LogP contribution in [0.5, 0.6) is 0 Å². The number of hydrogen-bond acceptors (Lipinski definition) is 5. The second-order valence-electron chi connectivity index (χ2n) is 6.22. The minimum absolute atomic E-state index is 0.313. The number of halogens is 1. The molecule has 0 bridgehead atoms. The summed E-state index contributed by atoms with van der Waals surface area (Å²) in [5.74, 6) is 0.935. The predicted molar refractivity (Wildman–Crippen MR) is 105 cm³/mol. The first-order valence-electron chi connectivity index (χ1n) is 8.56. The molecule has 3 heterocycles. The lowest BCUT2D eigenvalue weighted by atomic mass is 10.0. The fraction of sp³-hybridized carbons (Fsp3) is 0.368. The number of hydrogen-bond donors (Lipinski definition) is 0. The van der Waals surface area contributed by atoms with Crippen LogP contribution in [-0.4, -0.2) is 36.3 Å². The number of anilines is 1. The van der Waals surface area contributed by atoms with E-state index in [9.17, 15) is 0 Å². The van der Waals surface area contributed by atoms with E-state index in [1.165, 1.54) is 21.6 Å². The maximum Gasteiger partial charge on any atom is 0.225 e. The van der Waals surface area contributed by atoms with Crippen LogP contribution in [0.4, 0.5) is 5.82 Å². The lowest BCUT2D eigenvalue weighted by Gasteiger charge is -2.28. The molecule has 0 atom stereocenters. The van der Waals surface area contributed by atoms with Crippen molar-refractivity contribution in [2.24, 2.45) is 0 Å². The van der Waals surface area contributed by atoms with E-state index in [0.717, 1.165) is 35.5 Å². The Morgan fingerprint density at radius 2 is 1.88 bits per heavy atom. The molecule has 1 fully saturated rings. The molecule has 1 aromatic carbocycles. The maximum atomic E-state index is 6.24. The molecule has 4 rings (SSSR count). The average molecular weight is 374 g/mol. The van der Waals surface area contributed by atoms with Crippen molar-refractivity contribution in [2.75, 3.05) is 31.2 Å². The van der Waals surface area contributed by atoms with E-state index in [2.05, 4.69) is 53.0 Å². The molecule has 4 nitrogen and oxygen atoms in total. The van der Waals surface area contributed by atoms with E-state index in [0.29, 0.717) is 18.5 Å². The second-order valence-corrected chi connectivity index (χ2v) is 7.64. The Labute approximate surface area is 156 Å². The van der Waals surface area contributed by atoms with Crippen LogP contribution in [0, 0.1) is 6.92 Å². The van der Waals surface area contributed by atoms with E-state index < -0.39 is 0 Å². The highest BCUT2D eigenvalue weighted by atomic mass is 35.5. The monoisotopic (exact) mass is 373 g/mol. The number of aromatic nitrogens is 2. The van der Waals surface area contributed by atoms with Crippen molar-refractivity contribution in [1.82, 2.24) is 9.97 Å². The lowest BCUT2D eigenvalue weighted by molar-refractivity contribution is 0.122. The van der Waals surface area contributed by atoms with Crippen LogP contribution in [0.25, 0.3) is 21.3 Å². The molecule has 130 valence electrons. The standard InChI is InChI=1S/C19H20ClN3OS/c1-3-14-15(13-6-4-12(2)5-7-13)16-17(23-8-10-24-11-9-23)21-19(20)22-18(16)25-14/h4-7H,3,8-11H2,1-2H3. The maximum absolute atomic E-state index is 6.24. The summed E-state index contributed by atoms with van der Waals surface area (Å²) in [5, 5.41) is 1.44. The first kappa shape index (κ1) is 16.8. The van der Waals surface area contributed by atoms with Gasteiger partial charge in [-0.3, -0.25) is 0 Å². The van der Waals surface area contributed by atoms with Crippen molar-refractivity contribution in [3.63, 3.8) is 0 Å². The van der Waals surface area contributed by atoms with Crippen LogP contribution in [0.15, 0.2) is 24.3 Å². The smallest absolute Gasteiger partial charge is 0.225 e. The zero-order chi connectivity index (χ0) is 17.4. The van der Waals surface area contributed by atoms with Gasteiger partial charge in [0.15, 0.2) is 0 Å². The Kier molecular flexibility index (Phi) is 4.63. The van der Waals surface area contributed by atoms with Crippen molar-refractivity contribution in [2.45, 2.75) is 20.3 Å². The Morgan fingerprint density at radius 1 is 1.16 bits per heavy atom. The molecule has 1 aliphatic rings. The summed E-state index contributed by atoms with van der Waals surface area (Å²) in [4.78, 5) is 13.7. The van der Waals surface area contributed by atoms with Crippen molar-refractivity contribution in [1.29, 1.82) is 0 Å². The summed E-state index contributed by atoms with van der Waals surface area (Å²) in [5.41, 5.74) is 3.73. The largest absolute Gasteiger partial charge is 0.378 e. The van der Waals surface area contributed by atoms with Crippen molar-refractivity contribution < 1.29 is 4.74 Å². The quantitative estimate of drug-likeness (QED) is 0.622. The van der Waals surface area contributed by atoms with E-state index in [4.69, 9.17) is 16.3 Å². The summed E-state index contributed by atoms with van der Waals surface area (Å²) in [7, 11) is 0. The number of fused-ring (bicyclic) bond motifs is 1. The molecule has 1 saturated heterocycles. The van der Waals surface area contributed by atoms with Gasteiger partial charge < -0.3 is 9.64 Å². The van der Waals surface area contributed by atoms with Crippen LogP contribution in [0.3, 0.4) is 0 Å². The second kappa shape index (κ2) is 6.90. The number of thiophene rings is 1. The number of morpholine rings is 1. The van der Waals surface area contributed by atoms with Gasteiger partial charge in [-0.2, -0.15) is 4.98 Å². The highest BCUT2D eigenvalue weighted by Crippen LogP contribution is 2.43. The molecule has 6 heteroatoms. The van der Waals surface area contributed by atoms with Crippen LogP contribution in [0.2, 0.25) is 5.28 Å². The van der Waals surface area contributed by atoms with Gasteiger partial charge >= 0.3 is 0 Å². The first-order valence-corrected chi connectivity index (χ1v) is 9.75. The van der Waals surface area contributed by atoms with Gasteiger partial charge in [-0.15, -0.1) is 11.3 Å². The van der Waals surface area contributed by atoms with Gasteiger partial charge in [-0.25, -0.2) is 4.98 Å². The molecule has 0 unspecified atom stereocenters. The summed E-state index contributed by atoms with van der Waals surface area (Å²) >= 11 is 7.96. The summed E-state index contributed by atoms with van der Waals surface area (Å²) in [6.07, 6.45) is 0.963. The Balaban J connectivity index is 1.98. The van der Waals surface area contributed by atoms with Crippen LogP contribution >= 0.6 is 22.9 Å². The number of rotatable bonds is 3.